The number of benzene rings is 2. The van der Waals surface area contributed by atoms with Crippen molar-refractivity contribution in [3.8, 4) is 0 Å². The molecule has 6 heteroatoms. The van der Waals surface area contributed by atoms with Gasteiger partial charge in [0.2, 0.25) is 5.91 Å². The van der Waals surface area contributed by atoms with Crippen molar-refractivity contribution in [3.05, 3.63) is 65.2 Å². The Morgan fingerprint density at radius 1 is 0.957 bits per heavy atom. The van der Waals surface area contributed by atoms with Crippen LogP contribution in [0.4, 0.5) is 10.5 Å². The highest BCUT2D eigenvalue weighted by atomic mass is 35.5. The molecule has 23 heavy (non-hydrogen) atoms. The molecule has 0 aromatic heterocycles. The Labute approximate surface area is 140 Å². The molecule has 2 aromatic carbocycles. The van der Waals surface area contributed by atoms with E-state index in [9.17, 15) is 9.59 Å². The lowest BCUT2D eigenvalue weighted by atomic mass is 10.2. The minimum absolute atomic E-state index is 0.134. The van der Waals surface area contributed by atoms with Crippen LogP contribution < -0.4 is 16.0 Å². The van der Waals surface area contributed by atoms with Gasteiger partial charge in [0.1, 0.15) is 0 Å². The molecule has 0 aliphatic carbocycles. The van der Waals surface area contributed by atoms with Gasteiger partial charge in [-0.25, -0.2) is 4.79 Å². The second kappa shape index (κ2) is 8.80. The van der Waals surface area contributed by atoms with E-state index in [0.717, 1.165) is 5.56 Å². The first-order valence-electron chi connectivity index (χ1n) is 7.24. The Morgan fingerprint density at radius 3 is 2.48 bits per heavy atom. The van der Waals surface area contributed by atoms with Crippen molar-refractivity contribution in [3.63, 3.8) is 0 Å². The van der Waals surface area contributed by atoms with E-state index in [0.29, 0.717) is 17.3 Å². The minimum Gasteiger partial charge on any atom is -0.352 e. The summed E-state index contributed by atoms with van der Waals surface area (Å²) in [4.78, 5) is 23.4. The van der Waals surface area contributed by atoms with E-state index >= 15 is 0 Å². The number of urea groups is 1. The number of amides is 3. The van der Waals surface area contributed by atoms with Crippen molar-refractivity contribution in [1.29, 1.82) is 0 Å². The number of rotatable bonds is 6. The van der Waals surface area contributed by atoms with Crippen molar-refractivity contribution >= 4 is 29.2 Å². The number of hydrogen-bond acceptors (Lipinski definition) is 2. The Bertz CT molecular complexity index is 662. The molecule has 0 aliphatic rings. The van der Waals surface area contributed by atoms with E-state index in [1.807, 2.05) is 30.3 Å². The van der Waals surface area contributed by atoms with Gasteiger partial charge < -0.3 is 16.0 Å². The van der Waals surface area contributed by atoms with Gasteiger partial charge in [-0.3, -0.25) is 4.79 Å². The summed E-state index contributed by atoms with van der Waals surface area (Å²) in [6.07, 6.45) is 0.211. The van der Waals surface area contributed by atoms with E-state index in [2.05, 4.69) is 16.0 Å². The summed E-state index contributed by atoms with van der Waals surface area (Å²) in [7, 11) is 0. The van der Waals surface area contributed by atoms with Gasteiger partial charge in [0.05, 0.1) is 0 Å². The van der Waals surface area contributed by atoms with Gasteiger partial charge >= 0.3 is 6.03 Å². The van der Waals surface area contributed by atoms with E-state index in [1.165, 1.54) is 0 Å². The Balaban J connectivity index is 1.63. The zero-order chi connectivity index (χ0) is 16.5. The third-order valence-corrected chi connectivity index (χ3v) is 3.28. The van der Waals surface area contributed by atoms with Crippen molar-refractivity contribution < 1.29 is 9.59 Å². The van der Waals surface area contributed by atoms with Gasteiger partial charge in [0.15, 0.2) is 0 Å². The van der Waals surface area contributed by atoms with Gasteiger partial charge in [-0.1, -0.05) is 41.9 Å². The second-order valence-electron chi connectivity index (χ2n) is 4.90. The van der Waals surface area contributed by atoms with Crippen LogP contribution in [-0.4, -0.2) is 18.5 Å². The van der Waals surface area contributed by atoms with Crippen molar-refractivity contribution in [2.24, 2.45) is 0 Å². The third-order valence-electron chi connectivity index (χ3n) is 3.05. The molecule has 0 bridgehead atoms. The first-order chi connectivity index (χ1) is 11.1. The first kappa shape index (κ1) is 16.8. The van der Waals surface area contributed by atoms with Gasteiger partial charge in [0.25, 0.3) is 0 Å². The molecule has 2 aromatic rings. The summed E-state index contributed by atoms with van der Waals surface area (Å²) in [5.74, 6) is -0.134. The number of nitrogens with one attached hydrogen (secondary N) is 3. The van der Waals surface area contributed by atoms with Crippen LogP contribution in [0.15, 0.2) is 54.6 Å². The zero-order valence-electron chi connectivity index (χ0n) is 12.5. The summed E-state index contributed by atoms with van der Waals surface area (Å²) in [5, 5.41) is 8.74. The molecule has 0 fully saturated rings. The number of para-hydroxylation sites is 1. The quantitative estimate of drug-likeness (QED) is 0.761. The van der Waals surface area contributed by atoms with Crippen LogP contribution in [-0.2, 0) is 11.3 Å². The van der Waals surface area contributed by atoms with Crippen LogP contribution in [0, 0.1) is 0 Å². The third kappa shape index (κ3) is 6.40. The van der Waals surface area contributed by atoms with E-state index in [4.69, 9.17) is 11.6 Å². The molecule has 0 unspecified atom stereocenters. The number of halogens is 1. The Kier molecular flexibility index (Phi) is 6.44. The molecule has 0 saturated carbocycles. The molecule has 0 saturated heterocycles. The van der Waals surface area contributed by atoms with Crippen LogP contribution >= 0.6 is 11.6 Å². The molecule has 5 nitrogen and oxygen atoms in total. The molecule has 2 rings (SSSR count). The van der Waals surface area contributed by atoms with Crippen LogP contribution in [0.3, 0.4) is 0 Å². The maximum absolute atomic E-state index is 11.7. The van der Waals surface area contributed by atoms with Crippen LogP contribution in [0.1, 0.15) is 12.0 Å². The van der Waals surface area contributed by atoms with Crippen molar-refractivity contribution in [2.75, 3.05) is 11.9 Å². The largest absolute Gasteiger partial charge is 0.352 e. The molecule has 0 radical (unpaired) electrons. The van der Waals surface area contributed by atoms with Gasteiger partial charge in [-0.2, -0.15) is 0 Å². The molecule has 3 N–H and O–H groups in total. The average Bonchev–Trinajstić information content (AvgIpc) is 2.54. The Morgan fingerprint density at radius 2 is 1.74 bits per heavy atom. The minimum atomic E-state index is -0.334. The maximum atomic E-state index is 11.7. The number of anilines is 1. The summed E-state index contributed by atoms with van der Waals surface area (Å²) < 4.78 is 0. The summed E-state index contributed by atoms with van der Waals surface area (Å²) in [6.45, 7) is 0.676. The predicted molar refractivity (Wildman–Crippen MR) is 91.4 cm³/mol. The predicted octanol–water partition coefficient (Wildman–Crippen LogP) is 3.17. The average molecular weight is 332 g/mol. The Hall–Kier alpha value is -2.53. The number of carbonyl (C=O) groups excluding carboxylic acids is 2. The molecule has 0 atom stereocenters. The van der Waals surface area contributed by atoms with E-state index < -0.39 is 0 Å². The highest BCUT2D eigenvalue weighted by Gasteiger charge is 2.04. The van der Waals surface area contributed by atoms with E-state index in [1.54, 1.807) is 24.3 Å². The fourth-order valence-corrected chi connectivity index (χ4v) is 2.14. The highest BCUT2D eigenvalue weighted by molar-refractivity contribution is 6.30. The SMILES string of the molecule is O=C(CCNC(=O)Nc1ccccc1)NCc1cccc(Cl)c1. The lowest BCUT2D eigenvalue weighted by Gasteiger charge is -2.08. The zero-order valence-corrected chi connectivity index (χ0v) is 13.3. The molecule has 3 amide bonds. The summed E-state index contributed by atoms with van der Waals surface area (Å²) >= 11 is 5.88. The molecule has 0 spiro atoms. The fraction of sp³-hybridized carbons (Fsp3) is 0.176. The van der Waals surface area contributed by atoms with Crippen molar-refractivity contribution in [2.45, 2.75) is 13.0 Å². The van der Waals surface area contributed by atoms with Crippen molar-refractivity contribution in [1.82, 2.24) is 10.6 Å². The standard InChI is InChI=1S/C17H18ClN3O2/c18-14-6-4-5-13(11-14)12-20-16(22)9-10-19-17(23)21-15-7-2-1-3-8-15/h1-8,11H,9-10,12H2,(H,20,22)(H2,19,21,23). The molecule has 120 valence electrons. The number of carbonyl (C=O) groups is 2. The first-order valence-corrected chi connectivity index (χ1v) is 7.62. The molecule has 0 heterocycles. The van der Waals surface area contributed by atoms with Crippen LogP contribution in [0.25, 0.3) is 0 Å². The topological polar surface area (TPSA) is 70.2 Å². The van der Waals surface area contributed by atoms with E-state index in [-0.39, 0.29) is 24.9 Å². The molecular formula is C17H18ClN3O2. The smallest absolute Gasteiger partial charge is 0.319 e. The lowest BCUT2D eigenvalue weighted by molar-refractivity contribution is -0.121. The van der Waals surface area contributed by atoms with Gasteiger partial charge in [-0.05, 0) is 29.8 Å². The molecule has 0 aliphatic heterocycles. The van der Waals surface area contributed by atoms with Gasteiger partial charge in [-0.15, -0.1) is 0 Å². The second-order valence-corrected chi connectivity index (χ2v) is 5.34. The maximum Gasteiger partial charge on any atom is 0.319 e. The monoisotopic (exact) mass is 331 g/mol. The highest BCUT2D eigenvalue weighted by Crippen LogP contribution is 2.10. The molecular weight excluding hydrogens is 314 g/mol. The normalized spacial score (nSPS) is 9.96. The fourth-order valence-electron chi connectivity index (χ4n) is 1.92. The van der Waals surface area contributed by atoms with Gasteiger partial charge in [0, 0.05) is 30.2 Å². The summed E-state index contributed by atoms with van der Waals surface area (Å²) in [6, 6.07) is 16.1. The van der Waals surface area contributed by atoms with Crippen LogP contribution in [0.5, 0.6) is 0 Å². The lowest BCUT2D eigenvalue weighted by Crippen LogP contribution is -2.33. The summed E-state index contributed by atoms with van der Waals surface area (Å²) in [5.41, 5.74) is 1.64. The van der Waals surface area contributed by atoms with Crippen LogP contribution in [0.2, 0.25) is 5.02 Å². The number of hydrogen-bond donors (Lipinski definition) is 3.